The molecule has 3 rings (SSSR count). The zero-order valence-corrected chi connectivity index (χ0v) is 15.3. The Kier molecular flexibility index (Phi) is 5.43. The number of benzene rings is 2. The number of carbonyl (C=O) groups is 1. The van der Waals surface area contributed by atoms with Crippen molar-refractivity contribution in [1.82, 2.24) is 9.21 Å². The molecule has 2 amide bonds. The van der Waals surface area contributed by atoms with E-state index in [9.17, 15) is 13.2 Å². The predicted molar refractivity (Wildman–Crippen MR) is 100.0 cm³/mol. The molecule has 1 aliphatic rings. The van der Waals surface area contributed by atoms with Gasteiger partial charge in [-0.05, 0) is 24.3 Å². The van der Waals surface area contributed by atoms with E-state index in [1.807, 2.05) is 36.4 Å². The van der Waals surface area contributed by atoms with Crippen molar-refractivity contribution in [3.05, 3.63) is 54.6 Å². The summed E-state index contributed by atoms with van der Waals surface area (Å²) < 4.78 is 30.2. The molecular weight excluding hydrogens is 354 g/mol. The summed E-state index contributed by atoms with van der Waals surface area (Å²) in [6.45, 7) is 1.34. The molecule has 0 aromatic heterocycles. The lowest BCUT2D eigenvalue weighted by Gasteiger charge is -2.33. The Labute approximate surface area is 153 Å². The number of rotatable bonds is 4. The van der Waals surface area contributed by atoms with Gasteiger partial charge in [-0.15, -0.1) is 0 Å². The molecule has 0 spiro atoms. The fourth-order valence-corrected chi connectivity index (χ4v) is 3.51. The second-order valence-corrected chi connectivity index (χ2v) is 8.00. The summed E-state index contributed by atoms with van der Waals surface area (Å²) in [5.41, 5.74) is 0.619. The van der Waals surface area contributed by atoms with Gasteiger partial charge >= 0.3 is 6.03 Å². The number of sulfonamides is 1. The second kappa shape index (κ2) is 7.76. The fourth-order valence-electron chi connectivity index (χ4n) is 2.69. The molecule has 1 heterocycles. The van der Waals surface area contributed by atoms with Crippen LogP contribution in [0.4, 0.5) is 10.5 Å². The number of hydrogen-bond acceptors (Lipinski definition) is 4. The van der Waals surface area contributed by atoms with Crippen molar-refractivity contribution in [2.45, 2.75) is 0 Å². The van der Waals surface area contributed by atoms with Crippen molar-refractivity contribution >= 4 is 21.7 Å². The number of urea groups is 1. The average molecular weight is 375 g/mol. The van der Waals surface area contributed by atoms with Gasteiger partial charge in [-0.2, -0.15) is 4.31 Å². The molecular formula is C18H21N3O4S. The Balaban J connectivity index is 1.59. The Morgan fingerprint density at radius 2 is 1.62 bits per heavy atom. The second-order valence-electron chi connectivity index (χ2n) is 6.02. The molecule has 26 heavy (non-hydrogen) atoms. The number of para-hydroxylation sites is 1. The van der Waals surface area contributed by atoms with Gasteiger partial charge in [0.2, 0.25) is 10.0 Å². The lowest BCUT2D eigenvalue weighted by molar-refractivity contribution is 0.184. The highest BCUT2D eigenvalue weighted by molar-refractivity contribution is 7.88. The monoisotopic (exact) mass is 375 g/mol. The van der Waals surface area contributed by atoms with Crippen LogP contribution < -0.4 is 10.1 Å². The number of anilines is 1. The van der Waals surface area contributed by atoms with Crippen molar-refractivity contribution in [3.63, 3.8) is 0 Å². The van der Waals surface area contributed by atoms with Gasteiger partial charge in [0.25, 0.3) is 0 Å². The van der Waals surface area contributed by atoms with E-state index in [-0.39, 0.29) is 6.03 Å². The van der Waals surface area contributed by atoms with Crippen LogP contribution in [-0.2, 0) is 10.0 Å². The molecule has 8 heteroatoms. The molecule has 2 aromatic rings. The standard InChI is InChI=1S/C18H21N3O4S/c1-26(23,24)21-12-10-20(11-13-21)18(22)19-15-6-5-9-17(14-15)25-16-7-3-2-4-8-16/h2-9,14H,10-13H2,1H3,(H,19,22). The zero-order chi connectivity index (χ0) is 18.6. The fraction of sp³-hybridized carbons (Fsp3) is 0.278. The van der Waals surface area contributed by atoms with E-state index in [0.717, 1.165) is 0 Å². The summed E-state index contributed by atoms with van der Waals surface area (Å²) in [7, 11) is -3.21. The van der Waals surface area contributed by atoms with Gasteiger partial charge < -0.3 is 15.0 Å². The smallest absolute Gasteiger partial charge is 0.321 e. The van der Waals surface area contributed by atoms with Crippen LogP contribution in [0.15, 0.2) is 54.6 Å². The number of ether oxygens (including phenoxy) is 1. The summed E-state index contributed by atoms with van der Waals surface area (Å²) in [6, 6.07) is 16.3. The minimum Gasteiger partial charge on any atom is -0.457 e. The van der Waals surface area contributed by atoms with Crippen molar-refractivity contribution in [3.8, 4) is 11.5 Å². The largest absolute Gasteiger partial charge is 0.457 e. The summed E-state index contributed by atoms with van der Waals surface area (Å²) >= 11 is 0. The maximum absolute atomic E-state index is 12.4. The molecule has 138 valence electrons. The van der Waals surface area contributed by atoms with E-state index < -0.39 is 10.0 Å². The maximum Gasteiger partial charge on any atom is 0.321 e. The summed E-state index contributed by atoms with van der Waals surface area (Å²) in [6.07, 6.45) is 1.18. The summed E-state index contributed by atoms with van der Waals surface area (Å²) in [5, 5.41) is 2.83. The topological polar surface area (TPSA) is 79.0 Å². The zero-order valence-electron chi connectivity index (χ0n) is 14.5. The van der Waals surface area contributed by atoms with Gasteiger partial charge in [0, 0.05) is 37.9 Å². The third-order valence-corrected chi connectivity index (χ3v) is 5.36. The Morgan fingerprint density at radius 3 is 2.27 bits per heavy atom. The SMILES string of the molecule is CS(=O)(=O)N1CCN(C(=O)Nc2cccc(Oc3ccccc3)c2)CC1. The van der Waals surface area contributed by atoms with E-state index in [1.54, 1.807) is 23.1 Å². The van der Waals surface area contributed by atoms with E-state index in [4.69, 9.17) is 4.74 Å². The minimum atomic E-state index is -3.21. The molecule has 1 N–H and O–H groups in total. The number of hydrogen-bond donors (Lipinski definition) is 1. The highest BCUT2D eigenvalue weighted by Gasteiger charge is 2.26. The van der Waals surface area contributed by atoms with Crippen molar-refractivity contribution in [2.24, 2.45) is 0 Å². The van der Waals surface area contributed by atoms with Crippen LogP contribution in [0.1, 0.15) is 0 Å². The maximum atomic E-state index is 12.4. The molecule has 0 aliphatic carbocycles. The first-order chi connectivity index (χ1) is 12.4. The molecule has 1 saturated heterocycles. The van der Waals surface area contributed by atoms with Crippen molar-refractivity contribution < 1.29 is 17.9 Å². The first kappa shape index (κ1) is 18.2. The number of piperazine rings is 1. The van der Waals surface area contributed by atoms with E-state index in [1.165, 1.54) is 10.6 Å². The van der Waals surface area contributed by atoms with Crippen molar-refractivity contribution in [1.29, 1.82) is 0 Å². The van der Waals surface area contributed by atoms with E-state index >= 15 is 0 Å². The summed E-state index contributed by atoms with van der Waals surface area (Å²) in [4.78, 5) is 14.0. The number of carbonyl (C=O) groups excluding carboxylic acids is 1. The molecule has 1 fully saturated rings. The summed E-state index contributed by atoms with van der Waals surface area (Å²) in [5.74, 6) is 1.34. The average Bonchev–Trinajstić information content (AvgIpc) is 2.62. The minimum absolute atomic E-state index is 0.255. The van der Waals surface area contributed by atoms with Crippen LogP contribution in [-0.4, -0.2) is 56.1 Å². The Bertz CT molecular complexity index is 863. The third-order valence-electron chi connectivity index (χ3n) is 4.06. The molecule has 7 nitrogen and oxygen atoms in total. The molecule has 1 aliphatic heterocycles. The number of nitrogens with one attached hydrogen (secondary N) is 1. The first-order valence-electron chi connectivity index (χ1n) is 8.26. The van der Waals surface area contributed by atoms with E-state index in [0.29, 0.717) is 43.4 Å². The van der Waals surface area contributed by atoms with E-state index in [2.05, 4.69) is 5.32 Å². The quantitative estimate of drug-likeness (QED) is 0.891. The van der Waals surface area contributed by atoms with Gasteiger partial charge in [-0.25, -0.2) is 13.2 Å². The highest BCUT2D eigenvalue weighted by Crippen LogP contribution is 2.24. The molecule has 0 bridgehead atoms. The van der Waals surface area contributed by atoms with Gasteiger partial charge in [0.05, 0.1) is 6.26 Å². The van der Waals surface area contributed by atoms with Crippen LogP contribution in [0.2, 0.25) is 0 Å². The predicted octanol–water partition coefficient (Wildman–Crippen LogP) is 2.59. The van der Waals surface area contributed by atoms with Crippen LogP contribution >= 0.6 is 0 Å². The third kappa shape index (κ3) is 4.74. The molecule has 0 atom stereocenters. The van der Waals surface area contributed by atoms with Crippen LogP contribution in [0.5, 0.6) is 11.5 Å². The number of amides is 2. The van der Waals surface area contributed by atoms with Gasteiger partial charge in [0.15, 0.2) is 0 Å². The highest BCUT2D eigenvalue weighted by atomic mass is 32.2. The van der Waals surface area contributed by atoms with Gasteiger partial charge in [0.1, 0.15) is 11.5 Å². The van der Waals surface area contributed by atoms with Crippen LogP contribution in [0.3, 0.4) is 0 Å². The Hall–Kier alpha value is -2.58. The first-order valence-corrected chi connectivity index (χ1v) is 10.1. The number of nitrogens with zero attached hydrogens (tertiary/aromatic N) is 2. The normalized spacial score (nSPS) is 15.5. The van der Waals surface area contributed by atoms with Crippen LogP contribution in [0, 0.1) is 0 Å². The molecule has 0 radical (unpaired) electrons. The molecule has 0 unspecified atom stereocenters. The van der Waals surface area contributed by atoms with Crippen molar-refractivity contribution in [2.75, 3.05) is 37.8 Å². The molecule has 2 aromatic carbocycles. The van der Waals surface area contributed by atoms with Gasteiger partial charge in [-0.3, -0.25) is 0 Å². The van der Waals surface area contributed by atoms with Crippen LogP contribution in [0.25, 0.3) is 0 Å². The molecule has 0 saturated carbocycles. The Morgan fingerprint density at radius 1 is 0.962 bits per heavy atom. The van der Waals surface area contributed by atoms with Gasteiger partial charge in [-0.1, -0.05) is 24.3 Å². The lowest BCUT2D eigenvalue weighted by atomic mass is 10.3. The lowest BCUT2D eigenvalue weighted by Crippen LogP contribution is -2.51.